The lowest BCUT2D eigenvalue weighted by Gasteiger charge is -2.11. The first-order valence-corrected chi connectivity index (χ1v) is 7.14. The number of allylic oxidation sites excluding steroid dienone is 1. The Morgan fingerprint density at radius 1 is 1.29 bits per heavy atom. The zero-order chi connectivity index (χ0) is 14.6. The Labute approximate surface area is 144 Å². The zero-order valence-corrected chi connectivity index (χ0v) is 15.1. The number of nitrogens with one attached hydrogen (secondary N) is 2. The fourth-order valence-electron chi connectivity index (χ4n) is 1.78. The molecule has 0 saturated carbocycles. The molecule has 0 fully saturated rings. The quantitative estimate of drug-likeness (QED) is 0.240. The van der Waals surface area contributed by atoms with E-state index in [0.717, 1.165) is 31.0 Å². The van der Waals surface area contributed by atoms with E-state index < -0.39 is 0 Å². The number of hydrogen-bond acceptors (Lipinski definition) is 1. The standard InChI is InChI=1S/C16H24FN3.HI/c1-3-5-8-12-19-16(18-4-2)20-13-11-14-9-6-7-10-15(14)17;/h3,5-7,9-10H,4,8,11-13H2,1-2H3,(H2,18,19,20);1H/b5-3+;. The van der Waals surface area contributed by atoms with Crippen LogP contribution in [0.1, 0.15) is 25.8 Å². The summed E-state index contributed by atoms with van der Waals surface area (Å²) >= 11 is 0. The maximum atomic E-state index is 13.5. The molecule has 1 aromatic rings. The molecule has 0 spiro atoms. The highest BCUT2D eigenvalue weighted by atomic mass is 127. The number of hydrogen-bond donors (Lipinski definition) is 2. The second-order valence-electron chi connectivity index (χ2n) is 4.39. The second kappa shape index (κ2) is 12.6. The molecule has 0 aromatic heterocycles. The van der Waals surface area contributed by atoms with Crippen LogP contribution in [0.4, 0.5) is 4.39 Å². The third-order valence-corrected chi connectivity index (χ3v) is 2.79. The topological polar surface area (TPSA) is 36.4 Å². The van der Waals surface area contributed by atoms with Gasteiger partial charge in [-0.25, -0.2) is 4.39 Å². The molecule has 0 saturated heterocycles. The van der Waals surface area contributed by atoms with Crippen molar-refractivity contribution in [2.45, 2.75) is 26.7 Å². The van der Waals surface area contributed by atoms with E-state index in [-0.39, 0.29) is 29.8 Å². The van der Waals surface area contributed by atoms with Gasteiger partial charge in [-0.15, -0.1) is 24.0 Å². The Morgan fingerprint density at radius 2 is 2.05 bits per heavy atom. The van der Waals surface area contributed by atoms with E-state index >= 15 is 0 Å². The summed E-state index contributed by atoms with van der Waals surface area (Å²) in [6, 6.07) is 6.87. The van der Waals surface area contributed by atoms with Crippen molar-refractivity contribution in [2.24, 2.45) is 4.99 Å². The lowest BCUT2D eigenvalue weighted by Crippen LogP contribution is -2.38. The van der Waals surface area contributed by atoms with E-state index in [4.69, 9.17) is 0 Å². The fraction of sp³-hybridized carbons (Fsp3) is 0.438. The Hall–Kier alpha value is -1.11. The largest absolute Gasteiger partial charge is 0.357 e. The van der Waals surface area contributed by atoms with Crippen molar-refractivity contribution in [3.8, 4) is 0 Å². The second-order valence-corrected chi connectivity index (χ2v) is 4.39. The van der Waals surface area contributed by atoms with Crippen molar-refractivity contribution in [1.82, 2.24) is 10.6 Å². The molecule has 21 heavy (non-hydrogen) atoms. The maximum absolute atomic E-state index is 13.5. The van der Waals surface area contributed by atoms with Gasteiger partial charge in [-0.3, -0.25) is 4.99 Å². The van der Waals surface area contributed by atoms with E-state index in [1.54, 1.807) is 6.07 Å². The van der Waals surface area contributed by atoms with Crippen molar-refractivity contribution >= 4 is 29.9 Å². The Balaban J connectivity index is 0.00000400. The lowest BCUT2D eigenvalue weighted by molar-refractivity contribution is 0.606. The van der Waals surface area contributed by atoms with Gasteiger partial charge >= 0.3 is 0 Å². The lowest BCUT2D eigenvalue weighted by atomic mass is 10.1. The molecule has 1 rings (SSSR count). The first-order valence-electron chi connectivity index (χ1n) is 7.14. The predicted octanol–water partition coefficient (Wildman–Crippen LogP) is 3.51. The van der Waals surface area contributed by atoms with Gasteiger partial charge in [-0.05, 0) is 38.3 Å². The number of rotatable bonds is 7. The highest BCUT2D eigenvalue weighted by molar-refractivity contribution is 14.0. The van der Waals surface area contributed by atoms with E-state index in [1.165, 1.54) is 6.07 Å². The Kier molecular flexibility index (Phi) is 12.0. The molecule has 0 aliphatic heterocycles. The summed E-state index contributed by atoms with van der Waals surface area (Å²) in [5.74, 6) is 0.637. The maximum Gasteiger partial charge on any atom is 0.191 e. The van der Waals surface area contributed by atoms with Crippen LogP contribution < -0.4 is 10.6 Å². The predicted molar refractivity (Wildman–Crippen MR) is 98.9 cm³/mol. The Morgan fingerprint density at radius 3 is 2.71 bits per heavy atom. The van der Waals surface area contributed by atoms with Crippen LogP contribution in [0.3, 0.4) is 0 Å². The van der Waals surface area contributed by atoms with Crippen LogP contribution in [0.15, 0.2) is 41.4 Å². The van der Waals surface area contributed by atoms with Crippen molar-refractivity contribution in [3.05, 3.63) is 47.8 Å². The van der Waals surface area contributed by atoms with Gasteiger partial charge < -0.3 is 10.6 Å². The van der Waals surface area contributed by atoms with Gasteiger partial charge in [0, 0.05) is 19.6 Å². The minimum Gasteiger partial charge on any atom is -0.357 e. The highest BCUT2D eigenvalue weighted by Crippen LogP contribution is 2.05. The fourth-order valence-corrected chi connectivity index (χ4v) is 1.78. The van der Waals surface area contributed by atoms with Crippen LogP contribution in [-0.2, 0) is 6.42 Å². The number of guanidine groups is 1. The smallest absolute Gasteiger partial charge is 0.191 e. The van der Waals surface area contributed by atoms with Crippen LogP contribution in [0.5, 0.6) is 0 Å². The molecule has 0 heterocycles. The van der Waals surface area contributed by atoms with Gasteiger partial charge in [0.05, 0.1) is 0 Å². The van der Waals surface area contributed by atoms with Gasteiger partial charge in [0.25, 0.3) is 0 Å². The first-order chi connectivity index (χ1) is 9.77. The number of halogens is 2. The minimum atomic E-state index is -0.149. The van der Waals surface area contributed by atoms with Gasteiger partial charge in [0.1, 0.15) is 5.82 Å². The van der Waals surface area contributed by atoms with Crippen molar-refractivity contribution in [2.75, 3.05) is 19.6 Å². The molecular weight excluding hydrogens is 380 g/mol. The van der Waals surface area contributed by atoms with Gasteiger partial charge in [0.15, 0.2) is 5.96 Å². The van der Waals surface area contributed by atoms with Crippen LogP contribution in [-0.4, -0.2) is 25.6 Å². The Bertz CT molecular complexity index is 447. The van der Waals surface area contributed by atoms with Gasteiger partial charge in [0.2, 0.25) is 0 Å². The summed E-state index contributed by atoms with van der Waals surface area (Å²) in [6.07, 6.45) is 5.69. The first kappa shape index (κ1) is 19.9. The van der Waals surface area contributed by atoms with E-state index in [0.29, 0.717) is 13.0 Å². The number of benzene rings is 1. The molecule has 0 bridgehead atoms. The molecule has 0 unspecified atom stereocenters. The molecular formula is C16H25FIN3. The average Bonchev–Trinajstić information content (AvgIpc) is 2.45. The molecule has 5 heteroatoms. The third-order valence-electron chi connectivity index (χ3n) is 2.79. The summed E-state index contributed by atoms with van der Waals surface area (Å²) < 4.78 is 13.5. The van der Waals surface area contributed by atoms with Gasteiger partial charge in [-0.2, -0.15) is 0 Å². The molecule has 0 atom stereocenters. The summed E-state index contributed by atoms with van der Waals surface area (Å²) in [5.41, 5.74) is 0.727. The zero-order valence-electron chi connectivity index (χ0n) is 12.7. The average molecular weight is 405 g/mol. The molecule has 2 N–H and O–H groups in total. The van der Waals surface area contributed by atoms with Crippen molar-refractivity contribution in [3.63, 3.8) is 0 Å². The summed E-state index contributed by atoms with van der Waals surface area (Å²) in [7, 11) is 0. The number of nitrogens with zero attached hydrogens (tertiary/aromatic N) is 1. The van der Waals surface area contributed by atoms with E-state index in [9.17, 15) is 4.39 Å². The van der Waals surface area contributed by atoms with E-state index in [1.807, 2.05) is 32.1 Å². The monoisotopic (exact) mass is 405 g/mol. The molecule has 0 radical (unpaired) electrons. The summed E-state index contributed by atoms with van der Waals surface area (Å²) in [4.78, 5) is 4.45. The molecule has 0 aliphatic rings. The summed E-state index contributed by atoms with van der Waals surface area (Å²) in [5, 5.41) is 6.40. The SMILES string of the molecule is C/C=C/CCN=C(NCC)NCCc1ccccc1F.I. The van der Waals surface area contributed by atoms with Gasteiger partial charge in [-0.1, -0.05) is 30.4 Å². The van der Waals surface area contributed by atoms with Crippen molar-refractivity contribution < 1.29 is 4.39 Å². The molecule has 118 valence electrons. The van der Waals surface area contributed by atoms with Crippen LogP contribution in [0.2, 0.25) is 0 Å². The van der Waals surface area contributed by atoms with Crippen molar-refractivity contribution in [1.29, 1.82) is 0 Å². The van der Waals surface area contributed by atoms with Crippen LogP contribution >= 0.6 is 24.0 Å². The summed E-state index contributed by atoms with van der Waals surface area (Å²) in [6.45, 7) is 6.26. The van der Waals surface area contributed by atoms with E-state index in [2.05, 4.69) is 21.7 Å². The highest BCUT2D eigenvalue weighted by Gasteiger charge is 2.01. The molecule has 3 nitrogen and oxygen atoms in total. The van der Waals surface area contributed by atoms with Crippen LogP contribution in [0.25, 0.3) is 0 Å². The van der Waals surface area contributed by atoms with Crippen LogP contribution in [0, 0.1) is 5.82 Å². The minimum absolute atomic E-state index is 0. The molecule has 1 aromatic carbocycles. The normalized spacial score (nSPS) is 11.3. The third kappa shape index (κ3) is 8.70. The molecule has 0 aliphatic carbocycles. The number of aliphatic imine (C=N–C) groups is 1. The molecule has 0 amide bonds.